The second kappa shape index (κ2) is 8.93. The maximum absolute atomic E-state index is 12.0. The van der Waals surface area contributed by atoms with Crippen LogP contribution < -0.4 is 15.2 Å². The van der Waals surface area contributed by atoms with E-state index in [9.17, 15) is 4.79 Å². The summed E-state index contributed by atoms with van der Waals surface area (Å²) in [5.41, 5.74) is 8.26. The van der Waals surface area contributed by atoms with Crippen LogP contribution in [-0.4, -0.2) is 52.9 Å². The van der Waals surface area contributed by atoms with Gasteiger partial charge in [-0.15, -0.1) is 0 Å². The Morgan fingerprint density at radius 1 is 1.28 bits per heavy atom. The molecule has 3 aromatic rings. The summed E-state index contributed by atoms with van der Waals surface area (Å²) in [7, 11) is 3.18. The van der Waals surface area contributed by atoms with Gasteiger partial charge in [-0.25, -0.2) is 4.98 Å². The lowest BCUT2D eigenvalue weighted by molar-refractivity contribution is -0.125. The van der Waals surface area contributed by atoms with E-state index in [1.807, 2.05) is 16.8 Å². The van der Waals surface area contributed by atoms with E-state index in [1.165, 1.54) is 6.08 Å². The molecule has 1 aliphatic heterocycles. The van der Waals surface area contributed by atoms with Crippen LogP contribution in [0.4, 0.5) is 5.82 Å². The summed E-state index contributed by atoms with van der Waals surface area (Å²) >= 11 is 3.58. The molecule has 1 amide bonds. The van der Waals surface area contributed by atoms with Crippen molar-refractivity contribution < 1.29 is 14.3 Å². The Labute approximate surface area is 194 Å². The number of halogens is 1. The van der Waals surface area contributed by atoms with E-state index in [2.05, 4.69) is 39.3 Å². The number of fused-ring (bicyclic) bond motifs is 1. The Kier molecular flexibility index (Phi) is 6.06. The predicted molar refractivity (Wildman–Crippen MR) is 126 cm³/mol. The molecule has 0 radical (unpaired) electrons. The minimum absolute atomic E-state index is 0.00744. The van der Waals surface area contributed by atoms with Crippen LogP contribution in [0.25, 0.3) is 10.9 Å². The molecule has 0 bridgehead atoms. The monoisotopic (exact) mass is 495 g/mol. The van der Waals surface area contributed by atoms with E-state index in [4.69, 9.17) is 20.3 Å². The number of benzene rings is 1. The highest BCUT2D eigenvalue weighted by atomic mass is 79.9. The Bertz CT molecular complexity index is 1250. The molecule has 1 unspecified atom stereocenters. The zero-order chi connectivity index (χ0) is 22.8. The van der Waals surface area contributed by atoms with Gasteiger partial charge in [0, 0.05) is 30.9 Å². The highest BCUT2D eigenvalue weighted by Crippen LogP contribution is 2.34. The average molecular weight is 496 g/mol. The lowest BCUT2D eigenvalue weighted by Crippen LogP contribution is -2.27. The fraction of sp³-hybridized carbons (Fsp3) is 0.261. The molecule has 9 heteroatoms. The number of nitrogen functional groups attached to an aromatic ring is 1. The molecule has 4 rings (SSSR count). The molecule has 0 spiro atoms. The molecule has 2 aromatic heterocycles. The van der Waals surface area contributed by atoms with E-state index in [0.29, 0.717) is 47.1 Å². The molecule has 1 atom stereocenters. The number of amides is 1. The van der Waals surface area contributed by atoms with Crippen molar-refractivity contribution in [2.45, 2.75) is 12.5 Å². The SMILES string of the molecule is C=CC(=O)N1CCC(n2nc(C#Cc3cc(OC)cc(OC)c3)c3c(N)ncc(Br)c32)C1. The minimum Gasteiger partial charge on any atom is -0.497 e. The molecule has 1 fully saturated rings. The molecule has 0 saturated carbocycles. The van der Waals surface area contributed by atoms with E-state index >= 15 is 0 Å². The Hall–Kier alpha value is -3.51. The molecule has 1 aromatic carbocycles. The number of carbonyl (C=O) groups is 1. The number of methoxy groups -OCH3 is 2. The second-order valence-corrected chi connectivity index (χ2v) is 8.14. The van der Waals surface area contributed by atoms with Gasteiger partial charge in [0.2, 0.25) is 5.91 Å². The van der Waals surface area contributed by atoms with Gasteiger partial charge in [0.05, 0.1) is 35.6 Å². The van der Waals surface area contributed by atoms with Crippen molar-refractivity contribution in [3.05, 3.63) is 52.8 Å². The van der Waals surface area contributed by atoms with Gasteiger partial charge in [-0.3, -0.25) is 9.48 Å². The van der Waals surface area contributed by atoms with Crippen LogP contribution in [0.5, 0.6) is 11.5 Å². The summed E-state index contributed by atoms with van der Waals surface area (Å²) in [6.07, 6.45) is 3.76. The van der Waals surface area contributed by atoms with Gasteiger partial charge < -0.3 is 20.1 Å². The molecule has 2 N–H and O–H groups in total. The van der Waals surface area contributed by atoms with Gasteiger partial charge in [0.15, 0.2) is 0 Å². The summed E-state index contributed by atoms with van der Waals surface area (Å²) in [6, 6.07) is 5.42. The van der Waals surface area contributed by atoms with E-state index in [0.717, 1.165) is 16.4 Å². The Balaban J connectivity index is 1.80. The summed E-state index contributed by atoms with van der Waals surface area (Å²) < 4.78 is 13.3. The first kappa shape index (κ1) is 21.7. The number of hydrogen-bond donors (Lipinski definition) is 1. The largest absolute Gasteiger partial charge is 0.497 e. The molecule has 0 aliphatic carbocycles. The van der Waals surface area contributed by atoms with Gasteiger partial charge in [-0.1, -0.05) is 12.5 Å². The van der Waals surface area contributed by atoms with Crippen LogP contribution >= 0.6 is 15.9 Å². The number of carbonyl (C=O) groups excluding carboxylic acids is 1. The lowest BCUT2D eigenvalue weighted by atomic mass is 10.1. The van der Waals surface area contributed by atoms with Crippen LogP contribution in [-0.2, 0) is 4.79 Å². The van der Waals surface area contributed by atoms with Crippen molar-refractivity contribution in [3.8, 4) is 23.3 Å². The number of nitrogens with two attached hydrogens (primary N) is 1. The normalized spacial score (nSPS) is 15.3. The van der Waals surface area contributed by atoms with E-state index in [-0.39, 0.29) is 11.9 Å². The third-order valence-corrected chi connectivity index (χ3v) is 5.96. The number of nitrogens with zero attached hydrogens (tertiary/aromatic N) is 4. The third kappa shape index (κ3) is 4.01. The summed E-state index contributed by atoms with van der Waals surface area (Å²) in [6.45, 7) is 4.75. The molecule has 3 heterocycles. The maximum atomic E-state index is 12.0. The second-order valence-electron chi connectivity index (χ2n) is 7.29. The van der Waals surface area contributed by atoms with Crippen LogP contribution in [0, 0.1) is 11.8 Å². The zero-order valence-corrected chi connectivity index (χ0v) is 19.3. The minimum atomic E-state index is -0.0869. The topological polar surface area (TPSA) is 95.5 Å². The molecule has 1 saturated heterocycles. The molecule has 164 valence electrons. The molecular weight excluding hydrogens is 474 g/mol. The van der Waals surface area contributed by atoms with Gasteiger partial charge in [0.1, 0.15) is 23.0 Å². The highest BCUT2D eigenvalue weighted by molar-refractivity contribution is 9.10. The predicted octanol–water partition coefficient (Wildman–Crippen LogP) is 3.15. The highest BCUT2D eigenvalue weighted by Gasteiger charge is 2.29. The van der Waals surface area contributed by atoms with Crippen molar-refractivity contribution in [3.63, 3.8) is 0 Å². The number of pyridine rings is 1. The van der Waals surface area contributed by atoms with Crippen molar-refractivity contribution in [2.75, 3.05) is 33.0 Å². The first-order valence-corrected chi connectivity index (χ1v) is 10.7. The first-order chi connectivity index (χ1) is 15.4. The molecule has 32 heavy (non-hydrogen) atoms. The number of anilines is 1. The smallest absolute Gasteiger partial charge is 0.246 e. The average Bonchev–Trinajstić information content (AvgIpc) is 3.45. The van der Waals surface area contributed by atoms with Crippen molar-refractivity contribution >= 4 is 38.6 Å². The van der Waals surface area contributed by atoms with Crippen LogP contribution in [0.1, 0.15) is 23.7 Å². The molecular formula is C23H22BrN5O3. The summed E-state index contributed by atoms with van der Waals surface area (Å²) in [4.78, 5) is 18.1. The van der Waals surface area contributed by atoms with Gasteiger partial charge in [-0.05, 0) is 46.5 Å². The van der Waals surface area contributed by atoms with Gasteiger partial charge in [-0.2, -0.15) is 5.10 Å². The van der Waals surface area contributed by atoms with Crippen molar-refractivity contribution in [2.24, 2.45) is 0 Å². The number of aromatic nitrogens is 3. The number of hydrogen-bond acceptors (Lipinski definition) is 6. The van der Waals surface area contributed by atoms with Crippen LogP contribution in [0.3, 0.4) is 0 Å². The fourth-order valence-electron chi connectivity index (χ4n) is 3.79. The summed E-state index contributed by atoms with van der Waals surface area (Å²) in [5, 5.41) is 5.46. The van der Waals surface area contributed by atoms with Gasteiger partial charge in [0.25, 0.3) is 0 Å². The standard InChI is InChI=1S/C23H22BrN5O3/c1-4-20(30)28-8-7-15(13-28)29-22-18(24)12-26-23(25)21(22)19(27-29)6-5-14-9-16(31-2)11-17(10-14)32-3/h4,9-12,15H,1,7-8,13H2,2-3H3,(H2,25,26). The van der Waals surface area contributed by atoms with Gasteiger partial charge >= 0.3 is 0 Å². The number of rotatable bonds is 4. The Morgan fingerprint density at radius 3 is 2.66 bits per heavy atom. The van der Waals surface area contributed by atoms with Crippen LogP contribution in [0.15, 0.2) is 41.5 Å². The van der Waals surface area contributed by atoms with E-state index < -0.39 is 0 Å². The Morgan fingerprint density at radius 2 is 2.00 bits per heavy atom. The molecule has 1 aliphatic rings. The fourth-order valence-corrected chi connectivity index (χ4v) is 4.27. The number of likely N-dealkylation sites (tertiary alicyclic amines) is 1. The third-order valence-electron chi connectivity index (χ3n) is 5.38. The quantitative estimate of drug-likeness (QED) is 0.441. The lowest BCUT2D eigenvalue weighted by Gasteiger charge is -2.15. The molecule has 8 nitrogen and oxygen atoms in total. The maximum Gasteiger partial charge on any atom is 0.246 e. The van der Waals surface area contributed by atoms with Crippen molar-refractivity contribution in [1.82, 2.24) is 19.7 Å². The van der Waals surface area contributed by atoms with Crippen LogP contribution in [0.2, 0.25) is 0 Å². The first-order valence-electron chi connectivity index (χ1n) is 9.93. The summed E-state index contributed by atoms with van der Waals surface area (Å²) in [5.74, 6) is 7.81. The van der Waals surface area contributed by atoms with E-state index in [1.54, 1.807) is 31.4 Å². The zero-order valence-electron chi connectivity index (χ0n) is 17.8. The van der Waals surface area contributed by atoms with Crippen molar-refractivity contribution in [1.29, 1.82) is 0 Å². The number of ether oxygens (including phenoxy) is 2.